The Bertz CT molecular complexity index is 3200. The van der Waals surface area contributed by atoms with Crippen molar-refractivity contribution in [1.82, 2.24) is 0 Å². The van der Waals surface area contributed by atoms with E-state index in [9.17, 15) is 0 Å². The largest absolute Gasteiger partial charge is 0.456 e. The van der Waals surface area contributed by atoms with E-state index >= 15 is 0 Å². The molecule has 0 spiro atoms. The van der Waals surface area contributed by atoms with Crippen molar-refractivity contribution in [3.8, 4) is 33.4 Å². The first kappa shape index (κ1) is 31.6. The van der Waals surface area contributed by atoms with E-state index in [1.807, 2.05) is 23.5 Å². The number of hydrogen-bond acceptors (Lipinski definition) is 3. The Morgan fingerprint density at radius 3 is 1.76 bits per heavy atom. The third kappa shape index (κ3) is 5.32. The molecule has 55 heavy (non-hydrogen) atoms. The molecule has 11 aromatic rings. The fourth-order valence-electron chi connectivity index (χ4n) is 8.27. The lowest BCUT2D eigenvalue weighted by atomic mass is 9.97. The van der Waals surface area contributed by atoms with Gasteiger partial charge in [-0.15, -0.1) is 11.3 Å². The number of hydrogen-bond donors (Lipinski definition) is 0. The maximum absolute atomic E-state index is 6.22. The first-order valence-corrected chi connectivity index (χ1v) is 19.5. The van der Waals surface area contributed by atoms with Crippen molar-refractivity contribution < 1.29 is 4.42 Å². The number of benzene rings is 9. The van der Waals surface area contributed by atoms with Gasteiger partial charge in [0.2, 0.25) is 0 Å². The van der Waals surface area contributed by atoms with Crippen LogP contribution in [0.1, 0.15) is 0 Å². The minimum atomic E-state index is 0.896. The number of furan rings is 1. The number of rotatable bonds is 6. The SMILES string of the molecule is c1ccc(N(c2ccc(-c3cccc4ccccc34)cc2)c2ccc(-c3cccc4c3sc3ccccc34)cc2)c(-c2ccc3oc4ccccc4c3c2)c1. The molecule has 0 saturated heterocycles. The molecule has 0 radical (unpaired) electrons. The first-order chi connectivity index (χ1) is 27.3. The highest BCUT2D eigenvalue weighted by atomic mass is 32.1. The second-order valence-corrected chi connectivity index (χ2v) is 15.1. The summed E-state index contributed by atoms with van der Waals surface area (Å²) < 4.78 is 8.86. The highest BCUT2D eigenvalue weighted by Crippen LogP contribution is 2.45. The first-order valence-electron chi connectivity index (χ1n) is 18.7. The Morgan fingerprint density at radius 2 is 0.927 bits per heavy atom. The van der Waals surface area contributed by atoms with E-state index < -0.39 is 0 Å². The maximum Gasteiger partial charge on any atom is 0.135 e. The Hall–Kier alpha value is -6.94. The Balaban J connectivity index is 1.06. The molecule has 0 aliphatic carbocycles. The van der Waals surface area contributed by atoms with Gasteiger partial charge in [0.25, 0.3) is 0 Å². The fourth-order valence-corrected chi connectivity index (χ4v) is 9.50. The van der Waals surface area contributed by atoms with Crippen LogP contribution in [0.25, 0.3) is 86.3 Å². The molecular weight excluding hydrogens is 687 g/mol. The lowest BCUT2D eigenvalue weighted by Gasteiger charge is -2.28. The van der Waals surface area contributed by atoms with Crippen LogP contribution in [0.2, 0.25) is 0 Å². The van der Waals surface area contributed by atoms with Gasteiger partial charge in [0.1, 0.15) is 11.2 Å². The highest BCUT2D eigenvalue weighted by molar-refractivity contribution is 7.26. The molecule has 11 rings (SSSR count). The minimum Gasteiger partial charge on any atom is -0.456 e. The van der Waals surface area contributed by atoms with Crippen LogP contribution in [0.3, 0.4) is 0 Å². The van der Waals surface area contributed by atoms with Gasteiger partial charge in [0, 0.05) is 47.9 Å². The number of nitrogens with zero attached hydrogens (tertiary/aromatic N) is 1. The minimum absolute atomic E-state index is 0.896. The van der Waals surface area contributed by atoms with Crippen molar-refractivity contribution in [2.75, 3.05) is 4.90 Å². The zero-order valence-electron chi connectivity index (χ0n) is 29.8. The van der Waals surface area contributed by atoms with E-state index in [0.29, 0.717) is 0 Å². The molecule has 0 fully saturated rings. The normalized spacial score (nSPS) is 11.6. The van der Waals surface area contributed by atoms with E-state index in [4.69, 9.17) is 4.42 Å². The monoisotopic (exact) mass is 719 g/mol. The van der Waals surface area contributed by atoms with Crippen molar-refractivity contribution in [1.29, 1.82) is 0 Å². The molecule has 2 heterocycles. The van der Waals surface area contributed by atoms with Gasteiger partial charge in [0.05, 0.1) is 5.69 Å². The molecule has 0 bridgehead atoms. The molecule has 0 amide bonds. The van der Waals surface area contributed by atoms with Crippen LogP contribution < -0.4 is 4.90 Å². The van der Waals surface area contributed by atoms with Crippen LogP contribution in [-0.2, 0) is 0 Å². The third-order valence-electron chi connectivity index (χ3n) is 10.9. The summed E-state index contributed by atoms with van der Waals surface area (Å²) in [4.78, 5) is 2.39. The topological polar surface area (TPSA) is 16.4 Å². The molecule has 2 aromatic heterocycles. The van der Waals surface area contributed by atoms with E-state index in [1.165, 1.54) is 53.2 Å². The van der Waals surface area contributed by atoms with Gasteiger partial charge >= 0.3 is 0 Å². The maximum atomic E-state index is 6.22. The molecule has 0 aliphatic rings. The number of fused-ring (bicyclic) bond motifs is 7. The van der Waals surface area contributed by atoms with Gasteiger partial charge < -0.3 is 9.32 Å². The number of thiophene rings is 1. The summed E-state index contributed by atoms with van der Waals surface area (Å²) in [6.45, 7) is 0. The number of para-hydroxylation sites is 2. The van der Waals surface area contributed by atoms with Gasteiger partial charge in [-0.1, -0.05) is 146 Å². The van der Waals surface area contributed by atoms with Gasteiger partial charge in [0.15, 0.2) is 0 Å². The second kappa shape index (κ2) is 12.9. The molecule has 0 atom stereocenters. The summed E-state index contributed by atoms with van der Waals surface area (Å²) in [6.07, 6.45) is 0. The Labute approximate surface area is 322 Å². The standard InChI is InChI=1S/C52H33NOS/c1-2-13-40-34(11-1)12-9-17-41(40)35-23-28-38(29-24-35)53(39-30-25-36(26-31-39)43-18-10-19-46-45-16-5-8-22-51(45)55-52(43)46)48-20-6-3-14-42(48)37-27-32-50-47(33-37)44-15-4-7-21-49(44)54-50/h1-33H. The fraction of sp³-hybridized carbons (Fsp3) is 0. The molecule has 0 unspecified atom stereocenters. The van der Waals surface area contributed by atoms with Crippen molar-refractivity contribution in [3.05, 3.63) is 200 Å². The van der Waals surface area contributed by atoms with Gasteiger partial charge in [-0.25, -0.2) is 0 Å². The molecule has 0 aliphatic heterocycles. The summed E-state index contributed by atoms with van der Waals surface area (Å²) in [7, 11) is 0. The van der Waals surface area contributed by atoms with Crippen LogP contribution in [-0.4, -0.2) is 0 Å². The average Bonchev–Trinajstić information content (AvgIpc) is 3.83. The van der Waals surface area contributed by atoms with E-state index in [2.05, 4.69) is 193 Å². The van der Waals surface area contributed by atoms with Gasteiger partial charge in [-0.05, 0) is 93.2 Å². The van der Waals surface area contributed by atoms with Crippen molar-refractivity contribution in [3.63, 3.8) is 0 Å². The Kier molecular flexibility index (Phi) is 7.39. The van der Waals surface area contributed by atoms with Crippen molar-refractivity contribution in [2.24, 2.45) is 0 Å². The van der Waals surface area contributed by atoms with E-state index in [-0.39, 0.29) is 0 Å². The Morgan fingerprint density at radius 1 is 0.364 bits per heavy atom. The molecule has 0 saturated carbocycles. The van der Waals surface area contributed by atoms with Crippen LogP contribution in [0, 0.1) is 0 Å². The highest BCUT2D eigenvalue weighted by Gasteiger charge is 2.19. The summed E-state index contributed by atoms with van der Waals surface area (Å²) >= 11 is 1.87. The van der Waals surface area contributed by atoms with Crippen LogP contribution in [0.4, 0.5) is 17.1 Å². The predicted molar refractivity (Wildman–Crippen MR) is 235 cm³/mol. The van der Waals surface area contributed by atoms with Gasteiger partial charge in [-0.3, -0.25) is 0 Å². The van der Waals surface area contributed by atoms with Crippen molar-refractivity contribution in [2.45, 2.75) is 0 Å². The zero-order chi connectivity index (χ0) is 36.3. The lowest BCUT2D eigenvalue weighted by molar-refractivity contribution is 0.669. The molecule has 2 nitrogen and oxygen atoms in total. The lowest BCUT2D eigenvalue weighted by Crippen LogP contribution is -2.11. The van der Waals surface area contributed by atoms with Crippen molar-refractivity contribution >= 4 is 81.3 Å². The summed E-state index contributed by atoms with van der Waals surface area (Å²) in [5.74, 6) is 0. The van der Waals surface area contributed by atoms with Crippen LogP contribution in [0.5, 0.6) is 0 Å². The van der Waals surface area contributed by atoms with Crippen LogP contribution in [0.15, 0.2) is 205 Å². The molecule has 9 aromatic carbocycles. The summed E-state index contributed by atoms with van der Waals surface area (Å²) in [5.41, 5.74) is 12.3. The summed E-state index contributed by atoms with van der Waals surface area (Å²) in [5, 5.41) is 7.37. The number of anilines is 3. The predicted octanol–water partition coefficient (Wildman–Crippen LogP) is 15.6. The molecular formula is C52H33NOS. The van der Waals surface area contributed by atoms with E-state index in [1.54, 1.807) is 0 Å². The quantitative estimate of drug-likeness (QED) is 0.170. The average molecular weight is 720 g/mol. The van der Waals surface area contributed by atoms with E-state index in [0.717, 1.165) is 50.1 Å². The third-order valence-corrected chi connectivity index (χ3v) is 12.1. The smallest absolute Gasteiger partial charge is 0.135 e. The zero-order valence-corrected chi connectivity index (χ0v) is 30.6. The molecule has 0 N–H and O–H groups in total. The summed E-state index contributed by atoms with van der Waals surface area (Å²) in [6, 6.07) is 72.2. The second-order valence-electron chi connectivity index (χ2n) is 14.1. The molecule has 3 heteroatoms. The van der Waals surface area contributed by atoms with Gasteiger partial charge in [-0.2, -0.15) is 0 Å². The van der Waals surface area contributed by atoms with Crippen LogP contribution >= 0.6 is 11.3 Å². The molecule has 258 valence electrons.